The number of hydrogen-bond acceptors (Lipinski definition) is 2. The molecule has 0 amide bonds. The lowest BCUT2D eigenvalue weighted by Crippen LogP contribution is -2.19. The minimum atomic E-state index is -5.94. The maximum absolute atomic E-state index is 13.7. The molecule has 0 heterocycles. The first kappa shape index (κ1) is 24.3. The summed E-state index contributed by atoms with van der Waals surface area (Å²) in [5, 5.41) is 0. The van der Waals surface area contributed by atoms with Gasteiger partial charge in [0.05, 0.1) is 16.7 Å². The van der Waals surface area contributed by atoms with E-state index in [4.69, 9.17) is 0 Å². The number of rotatable bonds is 2. The average molecular weight is 474 g/mol. The van der Waals surface area contributed by atoms with E-state index in [-0.39, 0.29) is 12.1 Å². The van der Waals surface area contributed by atoms with E-state index >= 15 is 0 Å². The zero-order valence-corrected chi connectivity index (χ0v) is 14.0. The molecule has 0 bridgehead atoms. The summed E-state index contributed by atoms with van der Waals surface area (Å²) in [4.78, 5) is 11.8. The summed E-state index contributed by atoms with van der Waals surface area (Å²) in [6.07, 6.45) is -16.8. The fourth-order valence-corrected chi connectivity index (χ4v) is 2.17. The summed E-state index contributed by atoms with van der Waals surface area (Å²) < 4.78 is 172. The Kier molecular flexibility index (Phi) is 5.95. The van der Waals surface area contributed by atoms with Crippen molar-refractivity contribution in [1.29, 1.82) is 0 Å². The van der Waals surface area contributed by atoms with Gasteiger partial charge in [-0.05, 0) is 18.2 Å². The SMILES string of the molecule is O=C(Oc1c(F)c(F)c(C(F)(F)F)c(F)c1F)c1cc(C(F)(F)F)cc(C(F)(F)F)c1. The van der Waals surface area contributed by atoms with Gasteiger partial charge >= 0.3 is 24.5 Å². The van der Waals surface area contributed by atoms with Gasteiger partial charge in [0.1, 0.15) is 5.56 Å². The molecular formula is C16H3F13O2. The lowest BCUT2D eigenvalue weighted by Gasteiger charge is -2.15. The summed E-state index contributed by atoms with van der Waals surface area (Å²) in [5.41, 5.74) is -8.78. The number of hydrogen-bond donors (Lipinski definition) is 0. The molecule has 0 atom stereocenters. The largest absolute Gasteiger partial charge is 0.422 e. The first-order chi connectivity index (χ1) is 13.9. The zero-order chi connectivity index (χ0) is 24.1. The van der Waals surface area contributed by atoms with Crippen molar-refractivity contribution in [1.82, 2.24) is 0 Å². The Morgan fingerprint density at radius 2 is 1.00 bits per heavy atom. The van der Waals surface area contributed by atoms with Crippen LogP contribution in [-0.4, -0.2) is 5.97 Å². The van der Waals surface area contributed by atoms with Crippen molar-refractivity contribution in [2.24, 2.45) is 0 Å². The fraction of sp³-hybridized carbons (Fsp3) is 0.188. The quantitative estimate of drug-likeness (QED) is 0.215. The molecule has 0 radical (unpaired) electrons. The van der Waals surface area contributed by atoms with Crippen molar-refractivity contribution in [2.75, 3.05) is 0 Å². The van der Waals surface area contributed by atoms with E-state index in [0.29, 0.717) is 0 Å². The van der Waals surface area contributed by atoms with Crippen molar-refractivity contribution >= 4 is 5.97 Å². The number of carbonyl (C=O) groups excluding carboxylic acids is 1. The smallest absolute Gasteiger partial charge is 0.416 e. The third-order valence-electron chi connectivity index (χ3n) is 3.52. The second-order valence-electron chi connectivity index (χ2n) is 5.64. The molecule has 0 fully saturated rings. The second kappa shape index (κ2) is 7.60. The summed E-state index contributed by atoms with van der Waals surface area (Å²) in [7, 11) is 0. The number of carbonyl (C=O) groups is 1. The van der Waals surface area contributed by atoms with E-state index in [1.807, 2.05) is 0 Å². The van der Waals surface area contributed by atoms with Crippen molar-refractivity contribution in [2.45, 2.75) is 18.5 Å². The van der Waals surface area contributed by atoms with Gasteiger partial charge in [-0.1, -0.05) is 0 Å². The Morgan fingerprint density at radius 3 is 1.32 bits per heavy atom. The molecule has 0 unspecified atom stereocenters. The minimum Gasteiger partial charge on any atom is -0.416 e. The summed E-state index contributed by atoms with van der Waals surface area (Å²) in [5.74, 6) is -16.7. The first-order valence-corrected chi connectivity index (χ1v) is 7.30. The van der Waals surface area contributed by atoms with Crippen LogP contribution in [0.25, 0.3) is 0 Å². The molecule has 2 aromatic carbocycles. The van der Waals surface area contributed by atoms with E-state index in [2.05, 4.69) is 4.74 Å². The van der Waals surface area contributed by atoms with Gasteiger partial charge < -0.3 is 4.74 Å². The van der Waals surface area contributed by atoms with Gasteiger partial charge in [0.2, 0.25) is 17.4 Å². The van der Waals surface area contributed by atoms with Crippen molar-refractivity contribution in [3.8, 4) is 5.75 Å². The van der Waals surface area contributed by atoms with Crippen LogP contribution in [0.4, 0.5) is 57.1 Å². The van der Waals surface area contributed by atoms with Gasteiger partial charge in [0.25, 0.3) is 0 Å². The molecule has 15 heteroatoms. The van der Waals surface area contributed by atoms with E-state index < -0.39 is 81.8 Å². The van der Waals surface area contributed by atoms with Crippen LogP contribution in [-0.2, 0) is 18.5 Å². The van der Waals surface area contributed by atoms with Gasteiger partial charge in [0, 0.05) is 0 Å². The highest BCUT2D eigenvalue weighted by atomic mass is 19.4. The molecule has 0 saturated heterocycles. The lowest BCUT2D eigenvalue weighted by molar-refractivity contribution is -0.144. The summed E-state index contributed by atoms with van der Waals surface area (Å²) in [6.45, 7) is 0. The zero-order valence-electron chi connectivity index (χ0n) is 14.0. The molecule has 0 N–H and O–H groups in total. The van der Waals surface area contributed by atoms with Crippen molar-refractivity contribution in [3.05, 3.63) is 63.7 Å². The Hall–Kier alpha value is -3.00. The van der Waals surface area contributed by atoms with Crippen LogP contribution in [0.15, 0.2) is 18.2 Å². The fourth-order valence-electron chi connectivity index (χ4n) is 2.17. The molecule has 0 saturated carbocycles. The van der Waals surface area contributed by atoms with Gasteiger partial charge in [-0.3, -0.25) is 0 Å². The van der Waals surface area contributed by atoms with E-state index in [1.165, 1.54) is 0 Å². The highest BCUT2D eigenvalue weighted by molar-refractivity contribution is 5.91. The summed E-state index contributed by atoms with van der Waals surface area (Å²) >= 11 is 0. The molecule has 2 rings (SSSR count). The predicted octanol–water partition coefficient (Wildman–Crippen LogP) is 6.52. The van der Waals surface area contributed by atoms with Gasteiger partial charge in [0.15, 0.2) is 11.6 Å². The van der Waals surface area contributed by atoms with Gasteiger partial charge in [-0.15, -0.1) is 0 Å². The highest BCUT2D eigenvalue weighted by Crippen LogP contribution is 2.40. The Bertz CT molecular complexity index is 971. The third-order valence-corrected chi connectivity index (χ3v) is 3.52. The summed E-state index contributed by atoms with van der Waals surface area (Å²) in [6, 6.07) is -0.913. The van der Waals surface area contributed by atoms with E-state index in [1.54, 1.807) is 0 Å². The molecule has 170 valence electrons. The van der Waals surface area contributed by atoms with Crippen LogP contribution in [0.5, 0.6) is 5.75 Å². The van der Waals surface area contributed by atoms with Gasteiger partial charge in [-0.2, -0.15) is 48.3 Å². The first-order valence-electron chi connectivity index (χ1n) is 7.30. The molecule has 0 aliphatic carbocycles. The molecule has 2 nitrogen and oxygen atoms in total. The van der Waals surface area contributed by atoms with Crippen molar-refractivity contribution < 1.29 is 66.6 Å². The van der Waals surface area contributed by atoms with Crippen LogP contribution in [0.1, 0.15) is 27.0 Å². The number of halogens is 13. The van der Waals surface area contributed by atoms with Crippen LogP contribution in [0.3, 0.4) is 0 Å². The standard InChI is InChI=1S/C16H3F13O2/c17-8-7(16(27,28)29)9(18)11(20)12(10(8)19)31-13(30)4-1-5(14(21,22)23)3-6(2-4)15(24,25)26/h1-3H. The van der Waals surface area contributed by atoms with Crippen LogP contribution in [0, 0.1) is 23.3 Å². The van der Waals surface area contributed by atoms with Crippen LogP contribution < -0.4 is 4.74 Å². The molecule has 31 heavy (non-hydrogen) atoms. The lowest BCUT2D eigenvalue weighted by atomic mass is 10.0. The molecular weight excluding hydrogens is 471 g/mol. The average Bonchev–Trinajstić information content (AvgIpc) is 2.60. The molecule has 2 aromatic rings. The van der Waals surface area contributed by atoms with Crippen LogP contribution in [0.2, 0.25) is 0 Å². The Balaban J connectivity index is 2.61. The van der Waals surface area contributed by atoms with E-state index in [0.717, 1.165) is 0 Å². The predicted molar refractivity (Wildman–Crippen MR) is 72.7 cm³/mol. The van der Waals surface area contributed by atoms with Crippen molar-refractivity contribution in [3.63, 3.8) is 0 Å². The molecule has 0 aliphatic heterocycles. The monoisotopic (exact) mass is 474 g/mol. The topological polar surface area (TPSA) is 26.3 Å². The van der Waals surface area contributed by atoms with E-state index in [9.17, 15) is 61.9 Å². The number of benzene rings is 2. The molecule has 0 aromatic heterocycles. The maximum atomic E-state index is 13.7. The number of ether oxygens (including phenoxy) is 1. The minimum absolute atomic E-state index is 0.246. The normalized spacial score (nSPS) is 12.8. The highest BCUT2D eigenvalue weighted by Gasteiger charge is 2.43. The molecule has 0 aliphatic rings. The van der Waals surface area contributed by atoms with Crippen LogP contribution >= 0.6 is 0 Å². The maximum Gasteiger partial charge on any atom is 0.422 e. The second-order valence-corrected chi connectivity index (χ2v) is 5.64. The van der Waals surface area contributed by atoms with Gasteiger partial charge in [-0.25, -0.2) is 13.6 Å². The Labute approximate surface area is 161 Å². The Morgan fingerprint density at radius 1 is 0.613 bits per heavy atom. The molecule has 0 spiro atoms. The number of alkyl halides is 9. The number of esters is 1. The third kappa shape index (κ3) is 4.85.